The van der Waals surface area contributed by atoms with E-state index in [1.165, 1.54) is 6.07 Å². The van der Waals surface area contributed by atoms with Crippen LogP contribution in [0.5, 0.6) is 17.2 Å². The first-order valence-electron chi connectivity index (χ1n) is 10.3. The first-order chi connectivity index (χ1) is 14.9. The van der Waals surface area contributed by atoms with Crippen molar-refractivity contribution in [2.45, 2.75) is 38.6 Å². The number of rotatable bonds is 6. The van der Waals surface area contributed by atoms with Gasteiger partial charge in [0.15, 0.2) is 0 Å². The molecule has 2 aromatic carbocycles. The minimum Gasteiger partial charge on any atom is -0.508 e. The van der Waals surface area contributed by atoms with E-state index in [0.717, 1.165) is 48.0 Å². The van der Waals surface area contributed by atoms with Gasteiger partial charge in [-0.1, -0.05) is 6.92 Å². The number of phenols is 2. The average molecular weight is 440 g/mol. The molecule has 0 amide bonds. The number of amidine groups is 1. The molecule has 1 saturated carbocycles. The molecule has 1 aliphatic carbocycles. The fourth-order valence-corrected chi connectivity index (χ4v) is 4.27. The molecule has 8 heteroatoms. The molecule has 1 fully saturated rings. The van der Waals surface area contributed by atoms with Crippen molar-refractivity contribution in [2.24, 2.45) is 11.5 Å². The quantitative estimate of drug-likeness (QED) is 0.202. The molecule has 3 aromatic rings. The summed E-state index contributed by atoms with van der Waals surface area (Å²) in [4.78, 5) is 0. The predicted octanol–water partition coefficient (Wildman–Crippen LogP) is 3.64. The van der Waals surface area contributed by atoms with Gasteiger partial charge in [0.2, 0.25) is 5.84 Å². The number of hydrogen-bond acceptors (Lipinski definition) is 4. The van der Waals surface area contributed by atoms with Crippen LogP contribution in [0, 0.1) is 0 Å². The highest BCUT2D eigenvalue weighted by Gasteiger charge is 2.29. The zero-order valence-electron chi connectivity index (χ0n) is 17.6. The Morgan fingerprint density at radius 1 is 1.19 bits per heavy atom. The molecule has 0 spiro atoms. The van der Waals surface area contributed by atoms with Gasteiger partial charge in [0, 0.05) is 24.2 Å². The third-order valence-electron chi connectivity index (χ3n) is 5.69. The topological polar surface area (TPSA) is 110 Å². The Labute approximate surface area is 186 Å². The van der Waals surface area contributed by atoms with Crippen LogP contribution in [0.1, 0.15) is 43.2 Å². The number of aryl methyl sites for hydroxylation is 1. The van der Waals surface area contributed by atoms with Crippen molar-refractivity contribution < 1.29 is 19.5 Å². The summed E-state index contributed by atoms with van der Waals surface area (Å²) in [5.41, 5.74) is 15.4. The molecule has 6 N–H and O–H groups in total. The van der Waals surface area contributed by atoms with Gasteiger partial charge in [0.1, 0.15) is 22.9 Å². The van der Waals surface area contributed by atoms with Gasteiger partial charge in [-0.2, -0.15) is 4.58 Å². The summed E-state index contributed by atoms with van der Waals surface area (Å²) < 4.78 is 9.26. The van der Waals surface area contributed by atoms with E-state index in [9.17, 15) is 10.2 Å². The minimum absolute atomic E-state index is 0.0488. The van der Waals surface area contributed by atoms with Crippen molar-refractivity contribution >= 4 is 39.8 Å². The lowest BCUT2D eigenvalue weighted by Crippen LogP contribution is -2.34. The lowest BCUT2D eigenvalue weighted by molar-refractivity contribution is -0.302. The summed E-state index contributed by atoms with van der Waals surface area (Å²) in [6, 6.07) is 8.74. The normalized spacial score (nSPS) is 14.5. The van der Waals surface area contributed by atoms with E-state index < -0.39 is 0 Å². The second-order valence-electron chi connectivity index (χ2n) is 7.82. The van der Waals surface area contributed by atoms with Crippen molar-refractivity contribution in [1.29, 1.82) is 0 Å². The molecular formula is C23H27N4O3S+. The maximum Gasteiger partial charge on any atom is 0.293 e. The van der Waals surface area contributed by atoms with Crippen LogP contribution < -0.4 is 16.2 Å². The molecule has 1 heterocycles. The van der Waals surface area contributed by atoms with Gasteiger partial charge in [0.25, 0.3) is 5.11 Å². The molecule has 4 rings (SSSR count). The Morgan fingerprint density at radius 3 is 2.55 bits per heavy atom. The van der Waals surface area contributed by atoms with Gasteiger partial charge in [-0.05, 0) is 67.2 Å². The molecule has 0 unspecified atom stereocenters. The largest absolute Gasteiger partial charge is 0.508 e. The maximum absolute atomic E-state index is 10.5. The van der Waals surface area contributed by atoms with Crippen LogP contribution in [0.25, 0.3) is 10.9 Å². The summed E-state index contributed by atoms with van der Waals surface area (Å²) in [6.45, 7) is 2.94. The summed E-state index contributed by atoms with van der Waals surface area (Å²) in [5.74, 6) is 1.15. The third-order valence-corrected chi connectivity index (χ3v) is 5.87. The number of nitrogens with two attached hydrogens (primary N) is 2. The average Bonchev–Trinajstić information content (AvgIpc) is 3.48. The Balaban J connectivity index is 1.97. The van der Waals surface area contributed by atoms with Crippen molar-refractivity contribution in [2.75, 3.05) is 7.11 Å². The van der Waals surface area contributed by atoms with Crippen LogP contribution in [0.4, 0.5) is 5.69 Å². The van der Waals surface area contributed by atoms with Gasteiger partial charge in [0.05, 0.1) is 18.2 Å². The smallest absolute Gasteiger partial charge is 0.293 e. The Bertz CT molecular complexity index is 1210. The van der Waals surface area contributed by atoms with Crippen molar-refractivity contribution in [3.05, 3.63) is 47.7 Å². The first-order valence-corrected chi connectivity index (χ1v) is 10.7. The number of phenolic OH excluding ortho intramolecular Hbond substituents is 2. The first kappa shape index (κ1) is 21.0. The fourth-order valence-electron chi connectivity index (χ4n) is 4.07. The number of aromatic nitrogens is 1. The molecule has 0 radical (unpaired) electrons. The van der Waals surface area contributed by atoms with Crippen LogP contribution in [0.3, 0.4) is 0 Å². The molecule has 1 aliphatic rings. The Kier molecular flexibility index (Phi) is 5.49. The van der Waals surface area contributed by atoms with Gasteiger partial charge in [-0.3, -0.25) is 0 Å². The Morgan fingerprint density at radius 2 is 1.94 bits per heavy atom. The van der Waals surface area contributed by atoms with Crippen LogP contribution >= 0.6 is 12.2 Å². The Hall–Kier alpha value is -3.26. The molecule has 31 heavy (non-hydrogen) atoms. The highest BCUT2D eigenvalue weighted by Crippen LogP contribution is 2.45. The fraction of sp³-hybridized carbons (Fsp3) is 0.304. The lowest BCUT2D eigenvalue weighted by atomic mass is 10.0. The van der Waals surface area contributed by atoms with Crippen LogP contribution in [0.15, 0.2) is 36.5 Å². The monoisotopic (exact) mass is 439 g/mol. The molecule has 0 atom stereocenters. The van der Waals surface area contributed by atoms with Gasteiger partial charge >= 0.3 is 0 Å². The highest BCUT2D eigenvalue weighted by molar-refractivity contribution is 7.79. The summed E-state index contributed by atoms with van der Waals surface area (Å²) in [5, 5.41) is 21.7. The maximum atomic E-state index is 10.5. The van der Waals surface area contributed by atoms with E-state index in [1.807, 2.05) is 24.4 Å². The summed E-state index contributed by atoms with van der Waals surface area (Å²) in [6.07, 6.45) is 4.97. The predicted molar refractivity (Wildman–Crippen MR) is 126 cm³/mol. The number of benzene rings is 2. The second kappa shape index (κ2) is 8.11. The summed E-state index contributed by atoms with van der Waals surface area (Å²) in [7, 11) is 1.64. The number of fused-ring (bicyclic) bond motifs is 1. The van der Waals surface area contributed by atoms with Crippen molar-refractivity contribution in [3.8, 4) is 17.2 Å². The van der Waals surface area contributed by atoms with Gasteiger partial charge < -0.3 is 31.0 Å². The zero-order chi connectivity index (χ0) is 22.3. The molecule has 1 aromatic heterocycles. The van der Waals surface area contributed by atoms with Crippen LogP contribution in [-0.4, -0.2) is 37.4 Å². The van der Waals surface area contributed by atoms with E-state index in [2.05, 4.69) is 11.5 Å². The molecular weight excluding hydrogens is 412 g/mol. The van der Waals surface area contributed by atoms with Crippen LogP contribution in [0.2, 0.25) is 0 Å². The van der Waals surface area contributed by atoms with E-state index in [0.29, 0.717) is 11.3 Å². The number of hydrogen-bond donors (Lipinski definition) is 4. The number of ether oxygens (including phenoxy) is 1. The van der Waals surface area contributed by atoms with Crippen molar-refractivity contribution in [1.82, 2.24) is 4.57 Å². The number of nitrogens with zero attached hydrogens (tertiary/aromatic N) is 2. The molecule has 0 bridgehead atoms. The van der Waals surface area contributed by atoms with Gasteiger partial charge in [-0.15, -0.1) is 0 Å². The van der Waals surface area contributed by atoms with E-state index in [-0.39, 0.29) is 28.4 Å². The van der Waals surface area contributed by atoms with Gasteiger partial charge in [-0.25, -0.2) is 0 Å². The van der Waals surface area contributed by atoms with E-state index in [4.69, 9.17) is 28.4 Å². The van der Waals surface area contributed by atoms with Crippen LogP contribution in [-0.2, 0) is 6.54 Å². The molecule has 0 aliphatic heterocycles. The SMILES string of the molecule is CCCn1ccc2c([N+](C(N)=S)=C(N)c3cc(C4CC4)c(O)cc3O)ccc(OC)c21. The number of thiocarbonyl (C=S) groups is 1. The third kappa shape index (κ3) is 3.67. The molecule has 7 nitrogen and oxygen atoms in total. The molecule has 162 valence electrons. The highest BCUT2D eigenvalue weighted by atomic mass is 32.1. The minimum atomic E-state index is -0.131. The number of methoxy groups -OCH3 is 1. The lowest BCUT2D eigenvalue weighted by Gasteiger charge is -2.15. The standard InChI is InChI=1S/C23H26N4O3S/c1-3-9-26-10-8-14-17(6-7-20(30-2)21(14)26)27(23(25)31)22(24)16-11-15(13-4-5-13)18(28)12-19(16)29/h6-8,10-13H,3-5,9H2,1-2H3,(H5,24,25,28,29,31)/p+1. The number of aromatic hydroxyl groups is 2. The molecule has 0 saturated heterocycles. The second-order valence-corrected chi connectivity index (χ2v) is 8.24. The van der Waals surface area contributed by atoms with E-state index >= 15 is 0 Å². The summed E-state index contributed by atoms with van der Waals surface area (Å²) >= 11 is 5.36. The van der Waals surface area contributed by atoms with Crippen molar-refractivity contribution in [3.63, 3.8) is 0 Å². The van der Waals surface area contributed by atoms with E-state index in [1.54, 1.807) is 17.8 Å². The zero-order valence-corrected chi connectivity index (χ0v) is 18.4.